The first-order valence-electron chi connectivity index (χ1n) is 13.1. The fourth-order valence-corrected chi connectivity index (χ4v) is 5.57. The molecule has 206 valence electrons. The van der Waals surface area contributed by atoms with Crippen molar-refractivity contribution in [1.82, 2.24) is 14.9 Å². The van der Waals surface area contributed by atoms with Gasteiger partial charge in [-0.25, -0.2) is 13.1 Å². The summed E-state index contributed by atoms with van der Waals surface area (Å²) >= 11 is 0. The van der Waals surface area contributed by atoms with Crippen LogP contribution in [-0.2, 0) is 39.1 Å². The maximum atomic E-state index is 13.4. The lowest BCUT2D eigenvalue weighted by Gasteiger charge is -2.29. The van der Waals surface area contributed by atoms with Crippen molar-refractivity contribution in [2.45, 2.75) is 62.7 Å². The van der Waals surface area contributed by atoms with Gasteiger partial charge in [-0.05, 0) is 55.5 Å². The average Bonchev–Trinajstić information content (AvgIpc) is 3.77. The smallest absolute Gasteiger partial charge is 0.242 e. The van der Waals surface area contributed by atoms with Crippen LogP contribution in [0.1, 0.15) is 42.9 Å². The van der Waals surface area contributed by atoms with Gasteiger partial charge < -0.3 is 15.0 Å². The van der Waals surface area contributed by atoms with E-state index in [4.69, 9.17) is 4.74 Å². The molecule has 0 spiro atoms. The van der Waals surface area contributed by atoms with E-state index in [0.29, 0.717) is 18.7 Å². The summed E-state index contributed by atoms with van der Waals surface area (Å²) in [5.41, 5.74) is 2.62. The van der Waals surface area contributed by atoms with Crippen LogP contribution in [0.25, 0.3) is 0 Å². The van der Waals surface area contributed by atoms with Gasteiger partial charge in [0.15, 0.2) is 0 Å². The van der Waals surface area contributed by atoms with Crippen LogP contribution in [0.3, 0.4) is 0 Å². The Balaban J connectivity index is 1.41. The quantitative estimate of drug-likeness (QED) is 0.338. The minimum Gasteiger partial charge on any atom is -0.496 e. The van der Waals surface area contributed by atoms with Gasteiger partial charge in [-0.2, -0.15) is 0 Å². The number of hydrogen-bond acceptors (Lipinski definition) is 5. The van der Waals surface area contributed by atoms with Crippen LogP contribution in [0, 0.1) is 0 Å². The molecule has 0 unspecified atom stereocenters. The summed E-state index contributed by atoms with van der Waals surface area (Å²) < 4.78 is 32.9. The van der Waals surface area contributed by atoms with Gasteiger partial charge in [0.25, 0.3) is 0 Å². The number of hydrogen-bond donors (Lipinski definition) is 2. The van der Waals surface area contributed by atoms with Crippen molar-refractivity contribution in [3.05, 3.63) is 95.6 Å². The summed E-state index contributed by atoms with van der Waals surface area (Å²) in [6.45, 7) is 2.31. The molecule has 1 fully saturated rings. The number of benzene rings is 3. The molecule has 0 radical (unpaired) electrons. The van der Waals surface area contributed by atoms with Crippen LogP contribution in [0.2, 0.25) is 0 Å². The van der Waals surface area contributed by atoms with Gasteiger partial charge in [-0.1, -0.05) is 60.7 Å². The molecule has 1 atom stereocenters. The zero-order chi connectivity index (χ0) is 27.8. The molecule has 3 aromatic carbocycles. The van der Waals surface area contributed by atoms with E-state index in [2.05, 4.69) is 10.0 Å². The molecule has 8 nitrogen and oxygen atoms in total. The molecular formula is C30H35N3O5S. The molecule has 0 aliphatic heterocycles. The normalized spacial score (nSPS) is 13.9. The highest BCUT2D eigenvalue weighted by atomic mass is 32.2. The van der Waals surface area contributed by atoms with Gasteiger partial charge >= 0.3 is 0 Å². The highest BCUT2D eigenvalue weighted by Gasteiger charge is 2.28. The second-order valence-electron chi connectivity index (χ2n) is 9.75. The topological polar surface area (TPSA) is 105 Å². The Morgan fingerprint density at radius 1 is 0.949 bits per heavy atom. The van der Waals surface area contributed by atoms with E-state index in [1.165, 1.54) is 0 Å². The molecule has 0 aromatic heterocycles. The van der Waals surface area contributed by atoms with Crippen LogP contribution >= 0.6 is 0 Å². The predicted octanol–water partition coefficient (Wildman–Crippen LogP) is 3.80. The zero-order valence-electron chi connectivity index (χ0n) is 22.3. The van der Waals surface area contributed by atoms with E-state index in [1.807, 2.05) is 54.6 Å². The Bertz CT molecular complexity index is 1370. The summed E-state index contributed by atoms with van der Waals surface area (Å²) in [5, 5.41) is 2.93. The summed E-state index contributed by atoms with van der Waals surface area (Å²) in [4.78, 5) is 28.4. The molecule has 0 heterocycles. The van der Waals surface area contributed by atoms with E-state index in [1.54, 1.807) is 43.2 Å². The number of sulfonamides is 1. The highest BCUT2D eigenvalue weighted by molar-refractivity contribution is 7.89. The number of nitrogens with one attached hydrogen (secondary N) is 2. The first-order chi connectivity index (χ1) is 18.8. The molecule has 2 amide bonds. The fraction of sp³-hybridized carbons (Fsp3) is 0.333. The van der Waals surface area contributed by atoms with Crippen molar-refractivity contribution >= 4 is 21.8 Å². The monoisotopic (exact) mass is 549 g/mol. The molecule has 39 heavy (non-hydrogen) atoms. The van der Waals surface area contributed by atoms with Crippen LogP contribution in [0.15, 0.2) is 83.8 Å². The van der Waals surface area contributed by atoms with E-state index in [0.717, 1.165) is 29.5 Å². The van der Waals surface area contributed by atoms with Gasteiger partial charge in [-0.15, -0.1) is 0 Å². The van der Waals surface area contributed by atoms with Crippen LogP contribution < -0.4 is 14.8 Å². The number of para-hydroxylation sites is 1. The number of rotatable bonds is 13. The number of amides is 2. The van der Waals surface area contributed by atoms with Crippen molar-refractivity contribution < 1.29 is 22.7 Å². The summed E-state index contributed by atoms with van der Waals surface area (Å²) in [5.74, 6) is 0.263. The fourth-order valence-electron chi connectivity index (χ4n) is 4.26. The first kappa shape index (κ1) is 28.3. The van der Waals surface area contributed by atoms with Crippen molar-refractivity contribution in [3.8, 4) is 5.75 Å². The third kappa shape index (κ3) is 7.91. The van der Waals surface area contributed by atoms with Crippen LogP contribution in [-0.4, -0.2) is 44.3 Å². The summed E-state index contributed by atoms with van der Waals surface area (Å²) in [6.07, 6.45) is 2.35. The van der Waals surface area contributed by atoms with E-state index in [9.17, 15) is 18.0 Å². The lowest BCUT2D eigenvalue weighted by molar-refractivity contribution is -0.140. The second-order valence-corrected chi connectivity index (χ2v) is 11.5. The number of ether oxygens (including phenoxy) is 1. The Kier molecular flexibility index (Phi) is 9.37. The number of methoxy groups -OCH3 is 1. The van der Waals surface area contributed by atoms with Gasteiger partial charge in [0.2, 0.25) is 21.8 Å². The average molecular weight is 550 g/mol. The third-order valence-electron chi connectivity index (χ3n) is 6.77. The Morgan fingerprint density at radius 3 is 2.28 bits per heavy atom. The van der Waals surface area contributed by atoms with Crippen molar-refractivity contribution in [1.29, 1.82) is 0 Å². The molecule has 0 saturated heterocycles. The van der Waals surface area contributed by atoms with E-state index in [-0.39, 0.29) is 35.7 Å². The largest absolute Gasteiger partial charge is 0.496 e. The Morgan fingerprint density at radius 2 is 1.62 bits per heavy atom. The standard InChI is InChI=1S/C30H35N3O5S/c1-22(30(35)31-20-25-10-6-7-11-28(25)38-2)33(21-24-8-4-3-5-9-24)29(34)19-14-23-12-17-27(18-13-23)39(36,37)32-26-15-16-26/h3-13,17-18,22,26,32H,14-16,19-21H2,1-2H3,(H,31,35)/t22-/m0/s1. The van der Waals surface area contributed by atoms with Crippen molar-refractivity contribution in [2.24, 2.45) is 0 Å². The Hall–Kier alpha value is -3.69. The van der Waals surface area contributed by atoms with Crippen LogP contribution in [0.4, 0.5) is 0 Å². The van der Waals surface area contributed by atoms with E-state index >= 15 is 0 Å². The van der Waals surface area contributed by atoms with Crippen molar-refractivity contribution in [3.63, 3.8) is 0 Å². The maximum Gasteiger partial charge on any atom is 0.242 e. The lowest BCUT2D eigenvalue weighted by Crippen LogP contribution is -2.47. The second kappa shape index (κ2) is 12.9. The van der Waals surface area contributed by atoms with Gasteiger partial charge in [-0.3, -0.25) is 9.59 Å². The Labute approximate surface area is 230 Å². The SMILES string of the molecule is COc1ccccc1CNC(=O)[C@H](C)N(Cc1ccccc1)C(=O)CCc1ccc(S(=O)(=O)NC2CC2)cc1. The van der Waals surface area contributed by atoms with Crippen molar-refractivity contribution in [2.75, 3.05) is 7.11 Å². The number of carbonyl (C=O) groups excluding carboxylic acids is 2. The maximum absolute atomic E-state index is 13.4. The molecule has 1 aliphatic rings. The molecule has 3 aromatic rings. The van der Waals surface area contributed by atoms with Gasteiger partial charge in [0, 0.05) is 31.1 Å². The molecule has 4 rings (SSSR count). The molecule has 2 N–H and O–H groups in total. The molecule has 1 aliphatic carbocycles. The lowest BCUT2D eigenvalue weighted by atomic mass is 10.1. The molecule has 1 saturated carbocycles. The predicted molar refractivity (Wildman–Crippen MR) is 149 cm³/mol. The molecule has 0 bridgehead atoms. The molecule has 9 heteroatoms. The summed E-state index contributed by atoms with van der Waals surface area (Å²) in [6, 6.07) is 23.0. The number of carbonyl (C=O) groups is 2. The number of aryl methyl sites for hydroxylation is 1. The zero-order valence-corrected chi connectivity index (χ0v) is 23.1. The van der Waals surface area contributed by atoms with E-state index < -0.39 is 16.1 Å². The minimum atomic E-state index is -3.52. The molecular weight excluding hydrogens is 514 g/mol. The van der Waals surface area contributed by atoms with Gasteiger partial charge in [0.05, 0.1) is 12.0 Å². The van der Waals surface area contributed by atoms with Crippen LogP contribution in [0.5, 0.6) is 5.75 Å². The van der Waals surface area contributed by atoms with Gasteiger partial charge in [0.1, 0.15) is 11.8 Å². The third-order valence-corrected chi connectivity index (χ3v) is 8.31. The highest BCUT2D eigenvalue weighted by Crippen LogP contribution is 2.23. The first-order valence-corrected chi connectivity index (χ1v) is 14.6. The number of nitrogens with zero attached hydrogens (tertiary/aromatic N) is 1. The minimum absolute atomic E-state index is 0.0387. The summed E-state index contributed by atoms with van der Waals surface area (Å²) in [7, 11) is -1.94.